The molecule has 5 nitrogen and oxygen atoms in total. The Morgan fingerprint density at radius 1 is 1.40 bits per heavy atom. The lowest BCUT2D eigenvalue weighted by Crippen LogP contribution is -2.11. The fourth-order valence-corrected chi connectivity index (χ4v) is 2.12. The summed E-state index contributed by atoms with van der Waals surface area (Å²) in [5, 5.41) is 4.13. The second-order valence-corrected chi connectivity index (χ2v) is 4.68. The van der Waals surface area contributed by atoms with Gasteiger partial charge in [-0.15, -0.1) is 0 Å². The van der Waals surface area contributed by atoms with Crippen LogP contribution in [0.5, 0.6) is 5.75 Å². The molecule has 1 heterocycles. The van der Waals surface area contributed by atoms with Crippen molar-refractivity contribution in [3.05, 3.63) is 41.5 Å². The Balaban J connectivity index is 2.15. The van der Waals surface area contributed by atoms with Crippen molar-refractivity contribution < 1.29 is 9.53 Å². The van der Waals surface area contributed by atoms with E-state index in [0.717, 1.165) is 24.3 Å². The number of aryl methyl sites for hydroxylation is 2. The summed E-state index contributed by atoms with van der Waals surface area (Å²) < 4.78 is 6.98. The molecule has 2 aromatic rings. The lowest BCUT2D eigenvalue weighted by Gasteiger charge is -2.07. The molecule has 1 aromatic carbocycles. The molecule has 0 bridgehead atoms. The number of rotatable bonds is 6. The number of hydrogen-bond acceptors (Lipinski definition) is 4. The van der Waals surface area contributed by atoms with E-state index in [2.05, 4.69) is 17.0 Å². The lowest BCUT2D eigenvalue weighted by atomic mass is 10.0. The van der Waals surface area contributed by atoms with Gasteiger partial charge in [0.2, 0.25) is 0 Å². The van der Waals surface area contributed by atoms with Crippen LogP contribution in [0.3, 0.4) is 0 Å². The number of benzene rings is 1. The summed E-state index contributed by atoms with van der Waals surface area (Å²) in [5.74, 6) is 1.54. The minimum atomic E-state index is 0.0427. The van der Waals surface area contributed by atoms with Crippen molar-refractivity contribution in [2.24, 2.45) is 0 Å². The first-order valence-corrected chi connectivity index (χ1v) is 6.70. The van der Waals surface area contributed by atoms with Gasteiger partial charge in [-0.2, -0.15) is 5.10 Å². The molecular formula is C15H19N3O2. The van der Waals surface area contributed by atoms with Crippen LogP contribution in [0.15, 0.2) is 24.5 Å². The second kappa shape index (κ2) is 6.32. The van der Waals surface area contributed by atoms with Crippen LogP contribution < -0.4 is 4.74 Å². The number of nitrogens with zero attached hydrogens (tertiary/aromatic N) is 3. The van der Waals surface area contributed by atoms with Gasteiger partial charge in [-0.25, -0.2) is 9.67 Å². The van der Waals surface area contributed by atoms with Gasteiger partial charge >= 0.3 is 0 Å². The highest BCUT2D eigenvalue weighted by Crippen LogP contribution is 2.19. The van der Waals surface area contributed by atoms with E-state index in [-0.39, 0.29) is 12.2 Å². The zero-order valence-electron chi connectivity index (χ0n) is 12.1. The zero-order chi connectivity index (χ0) is 14.5. The molecule has 0 spiro atoms. The van der Waals surface area contributed by atoms with Crippen LogP contribution in [-0.2, 0) is 13.0 Å². The standard InChI is InChI=1S/C15H19N3O2/c1-4-7-18-15(16-10-17-18)9-13(19)12-5-6-14(20-3)11(2)8-12/h5-6,8,10H,4,7,9H2,1-3H3. The molecule has 0 aliphatic rings. The van der Waals surface area contributed by atoms with E-state index in [1.54, 1.807) is 17.9 Å². The van der Waals surface area contributed by atoms with E-state index >= 15 is 0 Å². The van der Waals surface area contributed by atoms with Gasteiger partial charge in [0.05, 0.1) is 13.5 Å². The van der Waals surface area contributed by atoms with Crippen molar-refractivity contribution in [2.45, 2.75) is 33.2 Å². The minimum absolute atomic E-state index is 0.0427. The monoisotopic (exact) mass is 273 g/mol. The van der Waals surface area contributed by atoms with Crippen molar-refractivity contribution in [2.75, 3.05) is 7.11 Å². The maximum atomic E-state index is 12.3. The Kier molecular flexibility index (Phi) is 4.50. The van der Waals surface area contributed by atoms with E-state index in [9.17, 15) is 4.79 Å². The zero-order valence-corrected chi connectivity index (χ0v) is 12.1. The Morgan fingerprint density at radius 3 is 2.85 bits per heavy atom. The Labute approximate surface area is 118 Å². The van der Waals surface area contributed by atoms with E-state index in [0.29, 0.717) is 11.4 Å². The molecule has 0 unspecified atom stereocenters. The second-order valence-electron chi connectivity index (χ2n) is 4.68. The molecule has 0 aliphatic heterocycles. The van der Waals surface area contributed by atoms with Gasteiger partial charge in [0, 0.05) is 12.1 Å². The highest BCUT2D eigenvalue weighted by Gasteiger charge is 2.13. The molecule has 2 rings (SSSR count). The predicted octanol–water partition coefficient (Wildman–Crippen LogP) is 2.43. The smallest absolute Gasteiger partial charge is 0.170 e. The molecule has 0 N–H and O–H groups in total. The van der Waals surface area contributed by atoms with E-state index in [1.807, 2.05) is 19.1 Å². The van der Waals surface area contributed by atoms with Crippen LogP contribution in [0.2, 0.25) is 0 Å². The Hall–Kier alpha value is -2.17. The first kappa shape index (κ1) is 14.2. The quantitative estimate of drug-likeness (QED) is 0.758. The first-order chi connectivity index (χ1) is 9.65. The molecule has 0 fully saturated rings. The third kappa shape index (κ3) is 3.04. The Morgan fingerprint density at radius 2 is 2.20 bits per heavy atom. The van der Waals surface area contributed by atoms with E-state index < -0.39 is 0 Å². The van der Waals surface area contributed by atoms with Gasteiger partial charge in [-0.05, 0) is 37.1 Å². The number of carbonyl (C=O) groups excluding carboxylic acids is 1. The number of ketones is 1. The van der Waals surface area contributed by atoms with Crippen LogP contribution in [0.4, 0.5) is 0 Å². The number of hydrogen-bond donors (Lipinski definition) is 0. The number of carbonyl (C=O) groups is 1. The number of aromatic nitrogens is 3. The van der Waals surface area contributed by atoms with Crippen LogP contribution in [-0.4, -0.2) is 27.7 Å². The van der Waals surface area contributed by atoms with E-state index in [1.165, 1.54) is 6.33 Å². The number of methoxy groups -OCH3 is 1. The van der Waals surface area contributed by atoms with Crippen LogP contribution in [0.1, 0.15) is 35.1 Å². The molecule has 0 atom stereocenters. The van der Waals surface area contributed by atoms with Gasteiger partial charge in [-0.1, -0.05) is 6.92 Å². The Bertz CT molecular complexity index is 605. The topological polar surface area (TPSA) is 57.0 Å². The molecule has 0 saturated carbocycles. The number of ether oxygens (including phenoxy) is 1. The third-order valence-corrected chi connectivity index (χ3v) is 3.17. The molecule has 0 radical (unpaired) electrons. The molecule has 0 amide bonds. The molecule has 5 heteroatoms. The van der Waals surface area contributed by atoms with E-state index in [4.69, 9.17) is 4.74 Å². The summed E-state index contributed by atoms with van der Waals surface area (Å²) in [5.41, 5.74) is 1.63. The van der Waals surface area contributed by atoms with Crippen LogP contribution in [0, 0.1) is 6.92 Å². The summed E-state index contributed by atoms with van der Waals surface area (Å²) in [7, 11) is 1.62. The maximum Gasteiger partial charge on any atom is 0.170 e. The van der Waals surface area contributed by atoms with Crippen molar-refractivity contribution in [3.63, 3.8) is 0 Å². The largest absolute Gasteiger partial charge is 0.496 e. The van der Waals surface area contributed by atoms with Gasteiger partial charge < -0.3 is 4.74 Å². The summed E-state index contributed by atoms with van der Waals surface area (Å²) in [6.07, 6.45) is 2.73. The molecule has 0 saturated heterocycles. The molecule has 106 valence electrons. The minimum Gasteiger partial charge on any atom is -0.496 e. The van der Waals surface area contributed by atoms with Crippen molar-refractivity contribution in [1.82, 2.24) is 14.8 Å². The summed E-state index contributed by atoms with van der Waals surface area (Å²) in [6.45, 7) is 4.78. The molecule has 20 heavy (non-hydrogen) atoms. The van der Waals surface area contributed by atoms with Gasteiger partial charge in [0.15, 0.2) is 5.78 Å². The summed E-state index contributed by atoms with van der Waals surface area (Å²) in [6, 6.07) is 5.45. The normalized spacial score (nSPS) is 10.6. The van der Waals surface area contributed by atoms with Gasteiger partial charge in [0.1, 0.15) is 17.9 Å². The average Bonchev–Trinajstić information content (AvgIpc) is 2.86. The van der Waals surface area contributed by atoms with Crippen molar-refractivity contribution in [1.29, 1.82) is 0 Å². The van der Waals surface area contributed by atoms with Gasteiger partial charge in [-0.3, -0.25) is 4.79 Å². The fraction of sp³-hybridized carbons (Fsp3) is 0.400. The van der Waals surface area contributed by atoms with Crippen LogP contribution in [0.25, 0.3) is 0 Å². The van der Waals surface area contributed by atoms with Crippen LogP contribution >= 0.6 is 0 Å². The SMILES string of the molecule is CCCn1ncnc1CC(=O)c1ccc(OC)c(C)c1. The highest BCUT2D eigenvalue weighted by atomic mass is 16.5. The van der Waals surface area contributed by atoms with Crippen molar-refractivity contribution >= 4 is 5.78 Å². The predicted molar refractivity (Wildman–Crippen MR) is 76.1 cm³/mol. The molecule has 0 aliphatic carbocycles. The third-order valence-electron chi connectivity index (χ3n) is 3.17. The molecule has 1 aromatic heterocycles. The van der Waals surface area contributed by atoms with Crippen molar-refractivity contribution in [3.8, 4) is 5.75 Å². The fourth-order valence-electron chi connectivity index (χ4n) is 2.12. The summed E-state index contributed by atoms with van der Waals surface area (Å²) >= 11 is 0. The maximum absolute atomic E-state index is 12.3. The summed E-state index contributed by atoms with van der Waals surface area (Å²) in [4.78, 5) is 16.5. The lowest BCUT2D eigenvalue weighted by molar-refractivity contribution is 0.0989. The van der Waals surface area contributed by atoms with Gasteiger partial charge in [0.25, 0.3) is 0 Å². The number of Topliss-reactive ketones (excluding diaryl/α,β-unsaturated/α-hetero) is 1. The highest BCUT2D eigenvalue weighted by molar-refractivity contribution is 5.97. The average molecular weight is 273 g/mol. The molecular weight excluding hydrogens is 254 g/mol. The first-order valence-electron chi connectivity index (χ1n) is 6.70.